The summed E-state index contributed by atoms with van der Waals surface area (Å²) in [5.41, 5.74) is 1.26. The van der Waals surface area contributed by atoms with E-state index < -0.39 is 0 Å². The quantitative estimate of drug-likeness (QED) is 0.718. The number of ether oxygens (including phenoxy) is 2. The van der Waals surface area contributed by atoms with Gasteiger partial charge in [-0.2, -0.15) is 0 Å². The third-order valence-corrected chi connectivity index (χ3v) is 3.02. The molecule has 1 aromatic rings. The van der Waals surface area contributed by atoms with Crippen LogP contribution in [-0.4, -0.2) is 32.8 Å². The van der Waals surface area contributed by atoms with Crippen LogP contribution in [-0.2, 0) is 6.54 Å². The summed E-state index contributed by atoms with van der Waals surface area (Å²) in [7, 11) is 3.37. The largest absolute Gasteiger partial charge is 0.496 e. The zero-order valence-electron chi connectivity index (χ0n) is 13.4. The van der Waals surface area contributed by atoms with Crippen molar-refractivity contribution in [2.75, 3.05) is 27.3 Å². The van der Waals surface area contributed by atoms with Gasteiger partial charge in [0.15, 0.2) is 0 Å². The molecule has 1 aromatic carbocycles. The summed E-state index contributed by atoms with van der Waals surface area (Å²) in [5.74, 6) is 1.73. The zero-order chi connectivity index (χ0) is 15.0. The lowest BCUT2D eigenvalue weighted by molar-refractivity contribution is 0.381. The Balaban J connectivity index is 2.38. The molecule has 0 fully saturated rings. The molecule has 0 atom stereocenters. The van der Waals surface area contributed by atoms with E-state index in [1.807, 2.05) is 18.2 Å². The summed E-state index contributed by atoms with van der Waals surface area (Å²) in [6.07, 6.45) is 1.09. The van der Waals surface area contributed by atoms with Crippen molar-refractivity contribution in [3.05, 3.63) is 23.8 Å². The van der Waals surface area contributed by atoms with Gasteiger partial charge in [0.05, 0.1) is 14.2 Å². The van der Waals surface area contributed by atoms with Crippen LogP contribution in [0.2, 0.25) is 0 Å². The first kappa shape index (κ1) is 16.8. The van der Waals surface area contributed by atoms with Gasteiger partial charge in [-0.3, -0.25) is 0 Å². The van der Waals surface area contributed by atoms with Crippen molar-refractivity contribution >= 4 is 0 Å². The summed E-state index contributed by atoms with van der Waals surface area (Å²) < 4.78 is 10.8. The van der Waals surface area contributed by atoms with Crippen LogP contribution < -0.4 is 20.1 Å². The maximum Gasteiger partial charge on any atom is 0.127 e. The average Bonchev–Trinajstić information content (AvgIpc) is 2.41. The van der Waals surface area contributed by atoms with Crippen molar-refractivity contribution in [3.63, 3.8) is 0 Å². The highest BCUT2D eigenvalue weighted by Gasteiger charge is 2.09. The van der Waals surface area contributed by atoms with Gasteiger partial charge in [0.1, 0.15) is 11.5 Å². The molecule has 2 N–H and O–H groups in total. The Morgan fingerprint density at radius 3 is 2.10 bits per heavy atom. The van der Waals surface area contributed by atoms with Gasteiger partial charge in [0.25, 0.3) is 0 Å². The molecular weight excluding hydrogens is 252 g/mol. The van der Waals surface area contributed by atoms with Crippen LogP contribution in [0.15, 0.2) is 18.2 Å². The van der Waals surface area contributed by atoms with Crippen LogP contribution in [0.4, 0.5) is 0 Å². The molecule has 0 unspecified atom stereocenters. The Morgan fingerprint density at radius 1 is 1.00 bits per heavy atom. The number of methoxy groups -OCH3 is 2. The van der Waals surface area contributed by atoms with E-state index >= 15 is 0 Å². The Kier molecular flexibility index (Phi) is 6.82. The Labute approximate surface area is 122 Å². The molecule has 114 valence electrons. The second kappa shape index (κ2) is 8.12. The summed E-state index contributed by atoms with van der Waals surface area (Å²) >= 11 is 0. The minimum absolute atomic E-state index is 0.186. The van der Waals surface area contributed by atoms with Crippen molar-refractivity contribution in [2.45, 2.75) is 39.3 Å². The van der Waals surface area contributed by atoms with Crippen molar-refractivity contribution in [1.29, 1.82) is 0 Å². The minimum atomic E-state index is 0.186. The first-order valence-electron chi connectivity index (χ1n) is 7.13. The first-order chi connectivity index (χ1) is 9.48. The Bertz CT molecular complexity index is 378. The predicted octanol–water partition coefficient (Wildman–Crippen LogP) is 2.57. The van der Waals surface area contributed by atoms with Gasteiger partial charge in [0, 0.05) is 17.6 Å². The van der Waals surface area contributed by atoms with E-state index in [4.69, 9.17) is 9.47 Å². The SMILES string of the molecule is COc1cccc(OC)c1CNCCCNC(C)(C)C. The van der Waals surface area contributed by atoms with Crippen molar-refractivity contribution in [3.8, 4) is 11.5 Å². The van der Waals surface area contributed by atoms with Gasteiger partial charge in [0.2, 0.25) is 0 Å². The fraction of sp³-hybridized carbons (Fsp3) is 0.625. The molecule has 0 spiro atoms. The molecule has 0 aliphatic rings. The van der Waals surface area contributed by atoms with Gasteiger partial charge >= 0.3 is 0 Å². The number of rotatable bonds is 8. The Hall–Kier alpha value is -1.26. The van der Waals surface area contributed by atoms with Gasteiger partial charge < -0.3 is 20.1 Å². The van der Waals surface area contributed by atoms with E-state index in [2.05, 4.69) is 31.4 Å². The van der Waals surface area contributed by atoms with Crippen LogP contribution in [0.5, 0.6) is 11.5 Å². The molecular formula is C16H28N2O2. The zero-order valence-corrected chi connectivity index (χ0v) is 13.4. The molecule has 1 rings (SSSR count). The molecule has 0 aliphatic heterocycles. The lowest BCUT2D eigenvalue weighted by Gasteiger charge is -2.20. The smallest absolute Gasteiger partial charge is 0.127 e. The summed E-state index contributed by atoms with van der Waals surface area (Å²) in [4.78, 5) is 0. The van der Waals surface area contributed by atoms with Crippen molar-refractivity contribution in [2.24, 2.45) is 0 Å². The molecule has 0 amide bonds. The fourth-order valence-electron chi connectivity index (χ4n) is 1.99. The van der Waals surface area contributed by atoms with E-state index in [1.165, 1.54) is 0 Å². The van der Waals surface area contributed by atoms with Crippen LogP contribution in [0.25, 0.3) is 0 Å². The first-order valence-corrected chi connectivity index (χ1v) is 7.13. The van der Waals surface area contributed by atoms with Crippen LogP contribution in [0.3, 0.4) is 0 Å². The molecule has 0 aromatic heterocycles. The molecule has 0 heterocycles. The molecule has 4 nitrogen and oxygen atoms in total. The van der Waals surface area contributed by atoms with Gasteiger partial charge in [-0.1, -0.05) is 6.07 Å². The summed E-state index contributed by atoms with van der Waals surface area (Å²) in [5, 5.41) is 6.91. The molecule has 0 aliphatic carbocycles. The number of hydrogen-bond acceptors (Lipinski definition) is 4. The lowest BCUT2D eigenvalue weighted by Crippen LogP contribution is -2.37. The van der Waals surface area contributed by atoms with E-state index in [-0.39, 0.29) is 5.54 Å². The molecule has 0 bridgehead atoms. The third-order valence-electron chi connectivity index (χ3n) is 3.02. The van der Waals surface area contributed by atoms with Crippen LogP contribution in [0, 0.1) is 0 Å². The Morgan fingerprint density at radius 2 is 1.60 bits per heavy atom. The predicted molar refractivity (Wildman–Crippen MR) is 83.6 cm³/mol. The molecule has 20 heavy (non-hydrogen) atoms. The summed E-state index contributed by atoms with van der Waals surface area (Å²) in [6.45, 7) is 9.27. The van der Waals surface area contributed by atoms with Crippen molar-refractivity contribution < 1.29 is 9.47 Å². The second-order valence-electron chi connectivity index (χ2n) is 5.85. The van der Waals surface area contributed by atoms with Gasteiger partial charge in [-0.25, -0.2) is 0 Å². The number of hydrogen-bond donors (Lipinski definition) is 2. The second-order valence-corrected chi connectivity index (χ2v) is 5.85. The maximum absolute atomic E-state index is 5.38. The average molecular weight is 280 g/mol. The lowest BCUT2D eigenvalue weighted by atomic mass is 10.1. The van der Waals surface area contributed by atoms with E-state index in [0.29, 0.717) is 0 Å². The van der Waals surface area contributed by atoms with Crippen molar-refractivity contribution in [1.82, 2.24) is 10.6 Å². The standard InChI is InChI=1S/C16H28N2O2/c1-16(2,3)18-11-7-10-17-12-13-14(19-4)8-6-9-15(13)20-5/h6,8-9,17-18H,7,10-12H2,1-5H3. The highest BCUT2D eigenvalue weighted by atomic mass is 16.5. The highest BCUT2D eigenvalue weighted by Crippen LogP contribution is 2.27. The maximum atomic E-state index is 5.38. The van der Waals surface area contributed by atoms with Crippen LogP contribution in [0.1, 0.15) is 32.8 Å². The van der Waals surface area contributed by atoms with E-state index in [1.54, 1.807) is 14.2 Å². The third kappa shape index (κ3) is 5.80. The van der Waals surface area contributed by atoms with Gasteiger partial charge in [-0.15, -0.1) is 0 Å². The molecule has 4 heteroatoms. The minimum Gasteiger partial charge on any atom is -0.496 e. The monoisotopic (exact) mass is 280 g/mol. The van der Waals surface area contributed by atoms with Gasteiger partial charge in [-0.05, 0) is 52.4 Å². The molecule has 0 saturated heterocycles. The topological polar surface area (TPSA) is 42.5 Å². The van der Waals surface area contributed by atoms with E-state index in [9.17, 15) is 0 Å². The number of benzene rings is 1. The normalized spacial score (nSPS) is 11.4. The van der Waals surface area contributed by atoms with Crippen LogP contribution >= 0.6 is 0 Å². The molecule has 0 saturated carbocycles. The fourth-order valence-corrected chi connectivity index (χ4v) is 1.99. The van der Waals surface area contributed by atoms with E-state index in [0.717, 1.165) is 43.1 Å². The highest BCUT2D eigenvalue weighted by molar-refractivity contribution is 5.44. The summed E-state index contributed by atoms with van der Waals surface area (Å²) in [6, 6.07) is 5.86. The number of nitrogens with one attached hydrogen (secondary N) is 2. The molecule has 0 radical (unpaired) electrons.